The lowest BCUT2D eigenvalue weighted by atomic mass is 10.2. The lowest BCUT2D eigenvalue weighted by Crippen LogP contribution is -2.27. The molecule has 0 aliphatic carbocycles. The van der Waals surface area contributed by atoms with E-state index in [2.05, 4.69) is 4.72 Å². The first-order valence-electron chi connectivity index (χ1n) is 6.32. The fourth-order valence-electron chi connectivity index (χ4n) is 1.63. The summed E-state index contributed by atoms with van der Waals surface area (Å²) in [6.07, 6.45) is 0.236. The average molecular weight is 318 g/mol. The molecule has 0 fully saturated rings. The third-order valence-electron chi connectivity index (χ3n) is 2.89. The lowest BCUT2D eigenvalue weighted by Gasteiger charge is -2.12. The Morgan fingerprint density at radius 1 is 1.48 bits per heavy atom. The monoisotopic (exact) mass is 318 g/mol. The largest absolute Gasteiger partial charge is 0.495 e. The molecule has 2 N–H and O–H groups in total. The Kier molecular flexibility index (Phi) is 6.06. The summed E-state index contributed by atoms with van der Waals surface area (Å²) in [5.74, 6) is -0.104. The van der Waals surface area contributed by atoms with Crippen molar-refractivity contribution in [1.29, 1.82) is 0 Å². The molecule has 118 valence electrons. The van der Waals surface area contributed by atoms with E-state index in [1.165, 1.54) is 7.11 Å². The van der Waals surface area contributed by atoms with Crippen molar-refractivity contribution < 1.29 is 23.2 Å². The maximum absolute atomic E-state index is 12.1. The number of hydrogen-bond donors (Lipinski definition) is 2. The van der Waals surface area contributed by atoms with Crippen molar-refractivity contribution in [2.75, 3.05) is 13.7 Å². The Balaban J connectivity index is 2.95. The normalized spacial score (nSPS) is 12.9. The summed E-state index contributed by atoms with van der Waals surface area (Å²) >= 11 is 0. The summed E-state index contributed by atoms with van der Waals surface area (Å²) in [5, 5.41) is 20.1. The molecule has 0 aromatic heterocycles. The predicted octanol–water partition coefficient (Wildman–Crippen LogP) is 1.04. The Labute approximate surface area is 122 Å². The van der Waals surface area contributed by atoms with Gasteiger partial charge in [-0.1, -0.05) is 6.92 Å². The predicted molar refractivity (Wildman–Crippen MR) is 75.8 cm³/mol. The molecule has 0 saturated carbocycles. The Morgan fingerprint density at radius 3 is 2.67 bits per heavy atom. The molecule has 0 saturated heterocycles. The zero-order valence-electron chi connectivity index (χ0n) is 11.8. The van der Waals surface area contributed by atoms with Crippen LogP contribution in [-0.2, 0) is 10.0 Å². The minimum Gasteiger partial charge on any atom is -0.495 e. The summed E-state index contributed by atoms with van der Waals surface area (Å²) < 4.78 is 31.5. The summed E-state index contributed by atoms with van der Waals surface area (Å²) in [7, 11) is -2.62. The Hall–Kier alpha value is -1.71. The molecule has 0 amide bonds. The van der Waals surface area contributed by atoms with Gasteiger partial charge in [-0.05, 0) is 18.9 Å². The number of nitro groups is 1. The number of aliphatic hydroxyl groups is 1. The lowest BCUT2D eigenvalue weighted by molar-refractivity contribution is -0.385. The number of nitrogens with one attached hydrogen (secondary N) is 1. The van der Waals surface area contributed by atoms with Crippen molar-refractivity contribution in [2.45, 2.75) is 30.8 Å². The van der Waals surface area contributed by atoms with Crippen LogP contribution in [0.4, 0.5) is 5.69 Å². The summed E-state index contributed by atoms with van der Waals surface area (Å²) in [6.45, 7) is 1.86. The molecule has 8 nitrogen and oxygen atoms in total. The van der Waals surface area contributed by atoms with Gasteiger partial charge >= 0.3 is 0 Å². The standard InChI is InChI=1S/C12H18N2O6S/c1-3-10(15)6-7-13-21(18,19)12-5-4-9(14(16)17)8-11(12)20-2/h4-5,8,10,13,15H,3,6-7H2,1-2H3. The van der Waals surface area contributed by atoms with Gasteiger partial charge in [-0.25, -0.2) is 13.1 Å². The smallest absolute Gasteiger partial charge is 0.273 e. The first-order chi connectivity index (χ1) is 9.81. The van der Waals surface area contributed by atoms with Gasteiger partial charge in [-0.15, -0.1) is 0 Å². The molecule has 0 aliphatic rings. The van der Waals surface area contributed by atoms with Crippen LogP contribution in [0.25, 0.3) is 0 Å². The highest BCUT2D eigenvalue weighted by molar-refractivity contribution is 7.89. The second kappa shape index (κ2) is 7.34. The summed E-state index contributed by atoms with van der Waals surface area (Å²) in [5.41, 5.74) is -0.257. The van der Waals surface area contributed by atoms with Gasteiger partial charge in [-0.3, -0.25) is 10.1 Å². The minimum absolute atomic E-state index is 0.0669. The van der Waals surface area contributed by atoms with Crippen LogP contribution in [-0.4, -0.2) is 38.2 Å². The van der Waals surface area contributed by atoms with Gasteiger partial charge in [0.05, 0.1) is 24.2 Å². The fraction of sp³-hybridized carbons (Fsp3) is 0.500. The Morgan fingerprint density at radius 2 is 2.14 bits per heavy atom. The van der Waals surface area contributed by atoms with Crippen molar-refractivity contribution in [1.82, 2.24) is 4.72 Å². The number of rotatable bonds is 8. The average Bonchev–Trinajstić information content (AvgIpc) is 2.45. The van der Waals surface area contributed by atoms with Gasteiger partial charge in [0.1, 0.15) is 10.6 Å². The molecule has 1 aromatic rings. The molecule has 9 heteroatoms. The topological polar surface area (TPSA) is 119 Å². The van der Waals surface area contributed by atoms with Crippen LogP contribution in [0.5, 0.6) is 5.75 Å². The highest BCUT2D eigenvalue weighted by Crippen LogP contribution is 2.28. The van der Waals surface area contributed by atoms with E-state index in [9.17, 15) is 23.6 Å². The van der Waals surface area contributed by atoms with Gasteiger partial charge in [0.2, 0.25) is 10.0 Å². The zero-order chi connectivity index (χ0) is 16.0. The first-order valence-corrected chi connectivity index (χ1v) is 7.80. The third kappa shape index (κ3) is 4.66. The van der Waals surface area contributed by atoms with Crippen LogP contribution in [0.2, 0.25) is 0 Å². The van der Waals surface area contributed by atoms with E-state index in [0.717, 1.165) is 18.2 Å². The van der Waals surface area contributed by atoms with Gasteiger partial charge in [-0.2, -0.15) is 0 Å². The van der Waals surface area contributed by atoms with E-state index in [1.807, 2.05) is 0 Å². The summed E-state index contributed by atoms with van der Waals surface area (Å²) in [6, 6.07) is 3.27. The minimum atomic E-state index is -3.86. The number of nitro benzene ring substituents is 1. The number of methoxy groups -OCH3 is 1. The molecular weight excluding hydrogens is 300 g/mol. The van der Waals surface area contributed by atoms with Gasteiger partial charge in [0, 0.05) is 12.6 Å². The number of aliphatic hydroxyl groups excluding tert-OH is 1. The molecule has 0 heterocycles. The van der Waals surface area contributed by atoms with Crippen LogP contribution in [0, 0.1) is 10.1 Å². The molecule has 0 bridgehead atoms. The van der Waals surface area contributed by atoms with E-state index in [-0.39, 0.29) is 29.3 Å². The van der Waals surface area contributed by atoms with E-state index in [4.69, 9.17) is 4.74 Å². The molecule has 1 atom stereocenters. The quantitative estimate of drug-likeness (QED) is 0.546. The van der Waals surface area contributed by atoms with Crippen molar-refractivity contribution in [2.24, 2.45) is 0 Å². The second-order valence-corrected chi connectivity index (χ2v) is 6.08. The summed E-state index contributed by atoms with van der Waals surface area (Å²) in [4.78, 5) is 9.85. The number of sulfonamides is 1. The number of non-ortho nitro benzene ring substituents is 1. The van der Waals surface area contributed by atoms with E-state index < -0.39 is 21.1 Å². The van der Waals surface area contributed by atoms with Gasteiger partial charge < -0.3 is 9.84 Å². The second-order valence-electron chi connectivity index (χ2n) is 4.34. The zero-order valence-corrected chi connectivity index (χ0v) is 12.6. The van der Waals surface area contributed by atoms with Crippen LogP contribution in [0.15, 0.2) is 23.1 Å². The first kappa shape index (κ1) is 17.3. The fourth-order valence-corrected chi connectivity index (χ4v) is 2.83. The highest BCUT2D eigenvalue weighted by Gasteiger charge is 2.22. The van der Waals surface area contributed by atoms with Crippen LogP contribution in [0.1, 0.15) is 19.8 Å². The Bertz CT molecular complexity index is 602. The highest BCUT2D eigenvalue weighted by atomic mass is 32.2. The van der Waals surface area contributed by atoms with E-state index in [1.54, 1.807) is 6.92 Å². The number of hydrogen-bond acceptors (Lipinski definition) is 6. The molecule has 21 heavy (non-hydrogen) atoms. The maximum atomic E-state index is 12.1. The number of nitrogens with zero attached hydrogens (tertiary/aromatic N) is 1. The van der Waals surface area contributed by atoms with Crippen molar-refractivity contribution in [3.05, 3.63) is 28.3 Å². The molecule has 1 rings (SSSR count). The molecule has 1 unspecified atom stereocenters. The SMILES string of the molecule is CCC(O)CCNS(=O)(=O)c1ccc([N+](=O)[O-])cc1OC. The molecule has 0 spiro atoms. The van der Waals surface area contributed by atoms with Crippen LogP contribution in [0.3, 0.4) is 0 Å². The maximum Gasteiger partial charge on any atom is 0.273 e. The van der Waals surface area contributed by atoms with E-state index >= 15 is 0 Å². The van der Waals surface area contributed by atoms with Crippen molar-refractivity contribution in [3.8, 4) is 5.75 Å². The van der Waals surface area contributed by atoms with Crippen LogP contribution >= 0.6 is 0 Å². The van der Waals surface area contributed by atoms with Crippen molar-refractivity contribution in [3.63, 3.8) is 0 Å². The molecular formula is C12H18N2O6S. The van der Waals surface area contributed by atoms with Crippen LogP contribution < -0.4 is 9.46 Å². The molecule has 0 aliphatic heterocycles. The number of benzene rings is 1. The van der Waals surface area contributed by atoms with Gasteiger partial charge in [0.15, 0.2) is 0 Å². The number of ether oxygens (including phenoxy) is 1. The molecule has 1 aromatic carbocycles. The molecule has 0 radical (unpaired) electrons. The van der Waals surface area contributed by atoms with Crippen molar-refractivity contribution >= 4 is 15.7 Å². The van der Waals surface area contributed by atoms with E-state index in [0.29, 0.717) is 6.42 Å². The third-order valence-corrected chi connectivity index (χ3v) is 4.39. The van der Waals surface area contributed by atoms with Gasteiger partial charge in [0.25, 0.3) is 5.69 Å².